The number of amides is 1. The third kappa shape index (κ3) is 2.54. The standard InChI is InChI=1S/C9H9Br2NO/c1-2-6-3-7(10)9(12-5-13)8(11)4-6/h3-5H,2H2,1H3,(H,12,13). The van der Waals surface area contributed by atoms with Crippen molar-refractivity contribution in [2.75, 3.05) is 5.32 Å². The van der Waals surface area contributed by atoms with Crippen LogP contribution in [0.15, 0.2) is 21.1 Å². The summed E-state index contributed by atoms with van der Waals surface area (Å²) in [5, 5.41) is 2.62. The van der Waals surface area contributed by atoms with E-state index >= 15 is 0 Å². The van der Waals surface area contributed by atoms with Crippen LogP contribution in [0.3, 0.4) is 0 Å². The summed E-state index contributed by atoms with van der Waals surface area (Å²) >= 11 is 6.78. The lowest BCUT2D eigenvalue weighted by molar-refractivity contribution is -0.105. The van der Waals surface area contributed by atoms with Gasteiger partial charge in [0.05, 0.1) is 5.69 Å². The third-order valence-electron chi connectivity index (χ3n) is 1.71. The molecule has 0 unspecified atom stereocenters. The van der Waals surface area contributed by atoms with Crippen LogP contribution in [0.25, 0.3) is 0 Å². The van der Waals surface area contributed by atoms with Gasteiger partial charge in [0.25, 0.3) is 0 Å². The number of carbonyl (C=O) groups is 1. The van der Waals surface area contributed by atoms with Crippen LogP contribution in [0.5, 0.6) is 0 Å². The van der Waals surface area contributed by atoms with Crippen LogP contribution in [0, 0.1) is 0 Å². The van der Waals surface area contributed by atoms with Crippen LogP contribution in [0.1, 0.15) is 12.5 Å². The summed E-state index contributed by atoms with van der Waals surface area (Å²) in [6.45, 7) is 2.08. The first kappa shape index (κ1) is 10.7. The lowest BCUT2D eigenvalue weighted by Gasteiger charge is -2.07. The summed E-state index contributed by atoms with van der Waals surface area (Å²) < 4.78 is 1.79. The molecule has 13 heavy (non-hydrogen) atoms. The van der Waals surface area contributed by atoms with Crippen LogP contribution < -0.4 is 5.32 Å². The van der Waals surface area contributed by atoms with Crippen LogP contribution in [0.4, 0.5) is 5.69 Å². The molecule has 0 atom stereocenters. The molecule has 1 aromatic carbocycles. The Morgan fingerprint density at radius 2 is 1.92 bits per heavy atom. The highest BCUT2D eigenvalue weighted by atomic mass is 79.9. The lowest BCUT2D eigenvalue weighted by atomic mass is 10.1. The summed E-state index contributed by atoms with van der Waals surface area (Å²) in [4.78, 5) is 10.3. The van der Waals surface area contributed by atoms with Crippen molar-refractivity contribution in [3.05, 3.63) is 26.6 Å². The topological polar surface area (TPSA) is 29.1 Å². The fraction of sp³-hybridized carbons (Fsp3) is 0.222. The maximum Gasteiger partial charge on any atom is 0.211 e. The van der Waals surface area contributed by atoms with Gasteiger partial charge in [-0.3, -0.25) is 4.79 Å². The fourth-order valence-electron chi connectivity index (χ4n) is 1.03. The highest BCUT2D eigenvalue weighted by Crippen LogP contribution is 2.32. The second kappa shape index (κ2) is 4.77. The molecule has 0 saturated heterocycles. The third-order valence-corrected chi connectivity index (χ3v) is 2.96. The molecule has 4 heteroatoms. The van der Waals surface area contributed by atoms with Gasteiger partial charge >= 0.3 is 0 Å². The summed E-state index contributed by atoms with van der Waals surface area (Å²) in [6, 6.07) is 3.99. The van der Waals surface area contributed by atoms with Gasteiger partial charge in [-0.15, -0.1) is 0 Å². The van der Waals surface area contributed by atoms with Crippen molar-refractivity contribution < 1.29 is 4.79 Å². The quantitative estimate of drug-likeness (QED) is 0.853. The number of hydrogen-bond acceptors (Lipinski definition) is 1. The summed E-state index contributed by atoms with van der Waals surface area (Å²) in [7, 11) is 0. The zero-order chi connectivity index (χ0) is 9.84. The van der Waals surface area contributed by atoms with Crippen molar-refractivity contribution in [2.24, 2.45) is 0 Å². The molecule has 0 fully saturated rings. The molecular weight excluding hydrogens is 298 g/mol. The Balaban J connectivity index is 3.14. The molecular formula is C9H9Br2NO. The Hall–Kier alpha value is -0.350. The Labute approximate surface area is 94.0 Å². The van der Waals surface area contributed by atoms with E-state index in [2.05, 4.69) is 44.1 Å². The van der Waals surface area contributed by atoms with E-state index in [9.17, 15) is 4.79 Å². The Kier molecular flexibility index (Phi) is 3.93. The maximum absolute atomic E-state index is 10.3. The number of nitrogens with one attached hydrogen (secondary N) is 1. The molecule has 1 aromatic rings. The van der Waals surface area contributed by atoms with Crippen molar-refractivity contribution in [3.63, 3.8) is 0 Å². The second-order valence-corrected chi connectivity index (χ2v) is 4.26. The molecule has 2 nitrogen and oxygen atoms in total. The molecule has 1 N–H and O–H groups in total. The molecule has 70 valence electrons. The number of hydrogen-bond donors (Lipinski definition) is 1. The first-order valence-corrected chi connectivity index (χ1v) is 5.45. The summed E-state index contributed by atoms with van der Waals surface area (Å²) in [5.74, 6) is 0. The molecule has 0 saturated carbocycles. The minimum Gasteiger partial charge on any atom is -0.327 e. The molecule has 0 radical (unpaired) electrons. The normalized spacial score (nSPS) is 9.77. The van der Waals surface area contributed by atoms with Gasteiger partial charge in [0, 0.05) is 8.95 Å². The molecule has 0 aliphatic rings. The SMILES string of the molecule is CCc1cc(Br)c(NC=O)c(Br)c1. The Morgan fingerprint density at radius 3 is 2.31 bits per heavy atom. The van der Waals surface area contributed by atoms with Gasteiger partial charge in [0.1, 0.15) is 0 Å². The van der Waals surface area contributed by atoms with E-state index < -0.39 is 0 Å². The van der Waals surface area contributed by atoms with Crippen molar-refractivity contribution in [1.29, 1.82) is 0 Å². The average molecular weight is 307 g/mol. The largest absolute Gasteiger partial charge is 0.327 e. The minimum absolute atomic E-state index is 0.663. The molecule has 0 aliphatic carbocycles. The average Bonchev–Trinajstić information content (AvgIpc) is 2.11. The van der Waals surface area contributed by atoms with Gasteiger partial charge in [-0.1, -0.05) is 6.92 Å². The van der Waals surface area contributed by atoms with Gasteiger partial charge in [0.15, 0.2) is 0 Å². The van der Waals surface area contributed by atoms with Crippen LogP contribution in [0.2, 0.25) is 0 Å². The fourth-order valence-corrected chi connectivity index (χ4v) is 2.54. The van der Waals surface area contributed by atoms with Crippen LogP contribution in [-0.4, -0.2) is 6.41 Å². The maximum atomic E-state index is 10.3. The van der Waals surface area contributed by atoms with Gasteiger partial charge in [0.2, 0.25) is 6.41 Å². The van der Waals surface area contributed by atoms with E-state index in [1.807, 2.05) is 12.1 Å². The first-order valence-electron chi connectivity index (χ1n) is 3.87. The highest BCUT2D eigenvalue weighted by molar-refractivity contribution is 9.11. The first-order chi connectivity index (χ1) is 6.19. The highest BCUT2D eigenvalue weighted by Gasteiger charge is 2.05. The van der Waals surface area contributed by atoms with Gasteiger partial charge in [-0.25, -0.2) is 0 Å². The van der Waals surface area contributed by atoms with Crippen molar-refractivity contribution in [2.45, 2.75) is 13.3 Å². The van der Waals surface area contributed by atoms with E-state index in [1.165, 1.54) is 5.56 Å². The molecule has 0 aromatic heterocycles. The van der Waals surface area contributed by atoms with Crippen LogP contribution >= 0.6 is 31.9 Å². The van der Waals surface area contributed by atoms with Gasteiger partial charge in [-0.2, -0.15) is 0 Å². The number of halogens is 2. The number of anilines is 1. The second-order valence-electron chi connectivity index (χ2n) is 2.55. The lowest BCUT2D eigenvalue weighted by Crippen LogP contribution is -1.96. The number of rotatable bonds is 3. The monoisotopic (exact) mass is 305 g/mol. The van der Waals surface area contributed by atoms with E-state index in [0.29, 0.717) is 6.41 Å². The minimum atomic E-state index is 0.663. The van der Waals surface area contributed by atoms with E-state index in [1.54, 1.807) is 0 Å². The zero-order valence-electron chi connectivity index (χ0n) is 7.10. The molecule has 0 heterocycles. The van der Waals surface area contributed by atoms with Gasteiger partial charge in [-0.05, 0) is 56.0 Å². The molecule has 1 amide bonds. The summed E-state index contributed by atoms with van der Waals surface area (Å²) in [6.07, 6.45) is 1.63. The molecule has 0 spiro atoms. The molecule has 0 aliphatic heterocycles. The van der Waals surface area contributed by atoms with Crippen molar-refractivity contribution >= 4 is 44.0 Å². The zero-order valence-corrected chi connectivity index (χ0v) is 10.3. The van der Waals surface area contributed by atoms with E-state index in [0.717, 1.165) is 21.1 Å². The number of benzene rings is 1. The van der Waals surface area contributed by atoms with E-state index in [-0.39, 0.29) is 0 Å². The van der Waals surface area contributed by atoms with Crippen molar-refractivity contribution in [1.82, 2.24) is 0 Å². The molecule has 0 bridgehead atoms. The van der Waals surface area contributed by atoms with E-state index in [4.69, 9.17) is 0 Å². The van der Waals surface area contributed by atoms with Gasteiger partial charge < -0.3 is 5.32 Å². The van der Waals surface area contributed by atoms with Crippen LogP contribution in [-0.2, 0) is 11.2 Å². The predicted octanol–water partition coefficient (Wildman–Crippen LogP) is 3.34. The molecule has 1 rings (SSSR count). The van der Waals surface area contributed by atoms with Crippen molar-refractivity contribution in [3.8, 4) is 0 Å². The Bertz CT molecular complexity index is 302. The predicted molar refractivity (Wildman–Crippen MR) is 60.9 cm³/mol. The Morgan fingerprint density at radius 1 is 1.38 bits per heavy atom. The summed E-state index contributed by atoms with van der Waals surface area (Å²) in [5.41, 5.74) is 1.99. The number of aryl methyl sites for hydroxylation is 1. The number of carbonyl (C=O) groups excluding carboxylic acids is 1. The smallest absolute Gasteiger partial charge is 0.211 e.